The maximum Gasteiger partial charge on any atom is 0.224 e. The van der Waals surface area contributed by atoms with E-state index in [9.17, 15) is 0 Å². The van der Waals surface area contributed by atoms with E-state index in [1.165, 1.54) is 0 Å². The van der Waals surface area contributed by atoms with Crippen molar-refractivity contribution < 1.29 is 4.74 Å². The van der Waals surface area contributed by atoms with Crippen molar-refractivity contribution in [2.45, 2.75) is 26.9 Å². The standard InChI is InChI=1S/C11H20N4O/c1-5-12-11-14-8(2)6-10(15-11)13-7-9(3)16-4/h6,9H,5,7H2,1-4H3,(H2,12,13,14,15). The van der Waals surface area contributed by atoms with E-state index in [1.807, 2.05) is 26.8 Å². The fraction of sp³-hybridized carbons (Fsp3) is 0.636. The van der Waals surface area contributed by atoms with Gasteiger partial charge in [-0.05, 0) is 20.8 Å². The van der Waals surface area contributed by atoms with Crippen molar-refractivity contribution in [1.29, 1.82) is 0 Å². The molecule has 0 fully saturated rings. The number of ether oxygens (including phenoxy) is 1. The first-order chi connectivity index (χ1) is 7.65. The number of hydrogen-bond acceptors (Lipinski definition) is 5. The Labute approximate surface area is 96.6 Å². The van der Waals surface area contributed by atoms with E-state index in [2.05, 4.69) is 20.6 Å². The zero-order chi connectivity index (χ0) is 12.0. The van der Waals surface area contributed by atoms with Crippen LogP contribution in [0.4, 0.5) is 11.8 Å². The molecule has 1 heterocycles. The van der Waals surface area contributed by atoms with Crippen molar-refractivity contribution in [1.82, 2.24) is 9.97 Å². The summed E-state index contributed by atoms with van der Waals surface area (Å²) in [5.74, 6) is 1.49. The van der Waals surface area contributed by atoms with Crippen molar-refractivity contribution in [3.8, 4) is 0 Å². The third kappa shape index (κ3) is 4.02. The molecular weight excluding hydrogens is 204 g/mol. The van der Waals surface area contributed by atoms with Crippen LogP contribution in [0.3, 0.4) is 0 Å². The van der Waals surface area contributed by atoms with E-state index in [0.29, 0.717) is 5.95 Å². The summed E-state index contributed by atoms with van der Waals surface area (Å²) < 4.78 is 5.16. The molecule has 0 aromatic carbocycles. The molecule has 5 heteroatoms. The minimum Gasteiger partial charge on any atom is -0.380 e. The highest BCUT2D eigenvalue weighted by atomic mass is 16.5. The molecule has 1 unspecified atom stereocenters. The second kappa shape index (κ2) is 6.27. The van der Waals surface area contributed by atoms with E-state index in [0.717, 1.165) is 24.6 Å². The lowest BCUT2D eigenvalue weighted by molar-refractivity contribution is 0.128. The number of nitrogens with one attached hydrogen (secondary N) is 2. The Morgan fingerprint density at radius 3 is 2.75 bits per heavy atom. The molecule has 0 aliphatic carbocycles. The smallest absolute Gasteiger partial charge is 0.224 e. The molecule has 1 aromatic heterocycles. The normalized spacial score (nSPS) is 12.2. The van der Waals surface area contributed by atoms with Crippen molar-refractivity contribution in [3.05, 3.63) is 11.8 Å². The minimum absolute atomic E-state index is 0.165. The zero-order valence-electron chi connectivity index (χ0n) is 10.4. The molecule has 1 aromatic rings. The zero-order valence-corrected chi connectivity index (χ0v) is 10.4. The third-order valence-corrected chi connectivity index (χ3v) is 2.16. The lowest BCUT2D eigenvalue weighted by atomic mass is 10.4. The van der Waals surface area contributed by atoms with E-state index < -0.39 is 0 Å². The molecule has 1 atom stereocenters. The molecule has 0 aliphatic heterocycles. The molecular formula is C11H20N4O. The molecule has 2 N–H and O–H groups in total. The van der Waals surface area contributed by atoms with Gasteiger partial charge in [-0.3, -0.25) is 0 Å². The largest absolute Gasteiger partial charge is 0.380 e. The summed E-state index contributed by atoms with van der Waals surface area (Å²) >= 11 is 0. The van der Waals surface area contributed by atoms with Gasteiger partial charge in [0, 0.05) is 32.0 Å². The average Bonchev–Trinajstić information content (AvgIpc) is 2.25. The quantitative estimate of drug-likeness (QED) is 0.769. The molecule has 0 saturated carbocycles. The number of aromatic nitrogens is 2. The lowest BCUT2D eigenvalue weighted by Crippen LogP contribution is -2.19. The van der Waals surface area contributed by atoms with Gasteiger partial charge in [0.25, 0.3) is 0 Å². The van der Waals surface area contributed by atoms with Gasteiger partial charge in [-0.25, -0.2) is 4.98 Å². The number of anilines is 2. The summed E-state index contributed by atoms with van der Waals surface area (Å²) in [5, 5.41) is 6.32. The number of methoxy groups -OCH3 is 1. The van der Waals surface area contributed by atoms with Crippen molar-refractivity contribution in [2.75, 3.05) is 30.8 Å². The van der Waals surface area contributed by atoms with E-state index in [1.54, 1.807) is 7.11 Å². The maximum absolute atomic E-state index is 5.16. The van der Waals surface area contributed by atoms with Crippen LogP contribution >= 0.6 is 0 Å². The Bertz CT molecular complexity index is 330. The molecule has 5 nitrogen and oxygen atoms in total. The van der Waals surface area contributed by atoms with E-state index in [-0.39, 0.29) is 6.10 Å². The SMILES string of the molecule is CCNc1nc(C)cc(NCC(C)OC)n1. The highest BCUT2D eigenvalue weighted by molar-refractivity contribution is 5.42. The van der Waals surface area contributed by atoms with Crippen molar-refractivity contribution >= 4 is 11.8 Å². The van der Waals surface area contributed by atoms with Crippen LogP contribution in [0.25, 0.3) is 0 Å². The second-order valence-electron chi connectivity index (χ2n) is 3.68. The number of nitrogens with zero attached hydrogens (tertiary/aromatic N) is 2. The molecule has 0 bridgehead atoms. The van der Waals surface area contributed by atoms with Gasteiger partial charge in [0.1, 0.15) is 5.82 Å². The molecule has 90 valence electrons. The van der Waals surface area contributed by atoms with Crippen molar-refractivity contribution in [2.24, 2.45) is 0 Å². The first-order valence-electron chi connectivity index (χ1n) is 5.52. The topological polar surface area (TPSA) is 59.1 Å². The summed E-state index contributed by atoms with van der Waals surface area (Å²) in [7, 11) is 1.70. The molecule has 0 saturated heterocycles. The highest BCUT2D eigenvalue weighted by Gasteiger charge is 2.03. The maximum atomic E-state index is 5.16. The third-order valence-electron chi connectivity index (χ3n) is 2.16. The Hall–Kier alpha value is -1.36. The van der Waals surface area contributed by atoms with Crippen LogP contribution in [0.5, 0.6) is 0 Å². The van der Waals surface area contributed by atoms with Crippen LogP contribution in [-0.2, 0) is 4.74 Å². The first kappa shape index (κ1) is 12.7. The molecule has 16 heavy (non-hydrogen) atoms. The second-order valence-corrected chi connectivity index (χ2v) is 3.68. The van der Waals surface area contributed by atoms with Gasteiger partial charge in [-0.1, -0.05) is 0 Å². The summed E-state index contributed by atoms with van der Waals surface area (Å²) in [6.07, 6.45) is 0.165. The van der Waals surface area contributed by atoms with E-state index >= 15 is 0 Å². The van der Waals surface area contributed by atoms with Gasteiger partial charge >= 0.3 is 0 Å². The van der Waals surface area contributed by atoms with Gasteiger partial charge in [-0.15, -0.1) is 0 Å². The van der Waals surface area contributed by atoms with Crippen LogP contribution in [0.15, 0.2) is 6.07 Å². The molecule has 0 spiro atoms. The molecule has 0 amide bonds. The Morgan fingerprint density at radius 1 is 1.38 bits per heavy atom. The number of hydrogen-bond donors (Lipinski definition) is 2. The average molecular weight is 224 g/mol. The summed E-state index contributed by atoms with van der Waals surface area (Å²) in [6.45, 7) is 7.53. The lowest BCUT2D eigenvalue weighted by Gasteiger charge is -2.12. The number of aryl methyl sites for hydroxylation is 1. The monoisotopic (exact) mass is 224 g/mol. The predicted molar refractivity (Wildman–Crippen MR) is 65.9 cm³/mol. The molecule has 0 radical (unpaired) electrons. The highest BCUT2D eigenvalue weighted by Crippen LogP contribution is 2.09. The van der Waals surface area contributed by atoms with Crippen LogP contribution in [0, 0.1) is 6.92 Å². The van der Waals surface area contributed by atoms with Crippen molar-refractivity contribution in [3.63, 3.8) is 0 Å². The fourth-order valence-corrected chi connectivity index (χ4v) is 1.23. The number of rotatable bonds is 6. The van der Waals surface area contributed by atoms with Gasteiger partial charge in [-0.2, -0.15) is 4.98 Å². The summed E-state index contributed by atoms with van der Waals surface area (Å²) in [6, 6.07) is 1.92. The van der Waals surface area contributed by atoms with Gasteiger partial charge < -0.3 is 15.4 Å². The fourth-order valence-electron chi connectivity index (χ4n) is 1.23. The van der Waals surface area contributed by atoms with Crippen LogP contribution in [0.2, 0.25) is 0 Å². The van der Waals surface area contributed by atoms with Gasteiger partial charge in [0.05, 0.1) is 6.10 Å². The van der Waals surface area contributed by atoms with E-state index in [4.69, 9.17) is 4.74 Å². The molecule has 0 aliphatic rings. The minimum atomic E-state index is 0.165. The van der Waals surface area contributed by atoms with Crippen LogP contribution < -0.4 is 10.6 Å². The summed E-state index contributed by atoms with van der Waals surface area (Å²) in [4.78, 5) is 8.62. The predicted octanol–water partition coefficient (Wildman–Crippen LogP) is 1.66. The van der Waals surface area contributed by atoms with Gasteiger partial charge in [0.15, 0.2) is 0 Å². The van der Waals surface area contributed by atoms with Crippen LogP contribution in [-0.4, -0.2) is 36.3 Å². The Morgan fingerprint density at radius 2 is 2.12 bits per heavy atom. The summed E-state index contributed by atoms with van der Waals surface area (Å²) in [5.41, 5.74) is 0.943. The van der Waals surface area contributed by atoms with Gasteiger partial charge in [0.2, 0.25) is 5.95 Å². The molecule has 1 rings (SSSR count). The van der Waals surface area contributed by atoms with Crippen LogP contribution in [0.1, 0.15) is 19.5 Å². The Kier molecular flexibility index (Phi) is 4.98. The first-order valence-corrected chi connectivity index (χ1v) is 5.52. The Balaban J connectivity index is 2.64.